The Labute approximate surface area is 457 Å². The van der Waals surface area contributed by atoms with Crippen LogP contribution in [0.25, 0.3) is 0 Å². The zero-order chi connectivity index (χ0) is 53.6. The second kappa shape index (κ2) is 61.9. The molecule has 0 saturated carbocycles. The van der Waals surface area contributed by atoms with Gasteiger partial charge in [-0.1, -0.05) is 279 Å². The molecule has 1 atom stereocenters. The molecule has 0 aliphatic rings. The van der Waals surface area contributed by atoms with E-state index < -0.39 is 6.10 Å². The number of carbonyl (C=O) groups excluding carboxylic acids is 3. The summed E-state index contributed by atoms with van der Waals surface area (Å²) < 4.78 is 16.9. The fraction of sp³-hybridized carbons (Fsp3) is 0.721. The molecule has 0 heterocycles. The van der Waals surface area contributed by atoms with Crippen molar-refractivity contribution in [2.75, 3.05) is 13.2 Å². The van der Waals surface area contributed by atoms with E-state index in [1.165, 1.54) is 141 Å². The molecule has 1 unspecified atom stereocenters. The minimum absolute atomic E-state index is 0.0934. The van der Waals surface area contributed by atoms with Crippen LogP contribution < -0.4 is 0 Å². The molecule has 0 N–H and O–H groups in total. The lowest BCUT2D eigenvalue weighted by Gasteiger charge is -2.18. The second-order valence-electron chi connectivity index (χ2n) is 20.6. The molecule has 0 aromatic carbocycles. The quantitative estimate of drug-likeness (QED) is 0.0261. The van der Waals surface area contributed by atoms with Crippen LogP contribution >= 0.6 is 0 Å². The number of rotatable bonds is 56. The van der Waals surface area contributed by atoms with Crippen molar-refractivity contribution in [1.29, 1.82) is 0 Å². The van der Waals surface area contributed by atoms with Crippen molar-refractivity contribution >= 4 is 17.9 Å². The summed E-state index contributed by atoms with van der Waals surface area (Å²) in [5.74, 6) is -0.933. The Hall–Kier alpha value is -3.67. The van der Waals surface area contributed by atoms with Crippen LogP contribution in [0.4, 0.5) is 0 Å². The summed E-state index contributed by atoms with van der Waals surface area (Å²) in [7, 11) is 0. The lowest BCUT2D eigenvalue weighted by molar-refractivity contribution is -0.167. The third-order valence-corrected chi connectivity index (χ3v) is 13.3. The van der Waals surface area contributed by atoms with Gasteiger partial charge in [0.25, 0.3) is 0 Å². The van der Waals surface area contributed by atoms with E-state index in [2.05, 4.69) is 118 Å². The molecule has 6 heteroatoms. The van der Waals surface area contributed by atoms with E-state index in [-0.39, 0.29) is 31.1 Å². The predicted molar refractivity (Wildman–Crippen MR) is 320 cm³/mol. The summed E-state index contributed by atoms with van der Waals surface area (Å²) in [5.41, 5.74) is 0. The van der Waals surface area contributed by atoms with Gasteiger partial charge in [-0.25, -0.2) is 0 Å². The Kier molecular flexibility index (Phi) is 58.8. The van der Waals surface area contributed by atoms with Gasteiger partial charge in [0.1, 0.15) is 13.2 Å². The molecule has 0 aromatic heterocycles. The van der Waals surface area contributed by atoms with Gasteiger partial charge < -0.3 is 14.2 Å². The molecule has 0 fully saturated rings. The van der Waals surface area contributed by atoms with Gasteiger partial charge in [0.15, 0.2) is 6.10 Å². The molecule has 0 radical (unpaired) electrons. The first kappa shape index (κ1) is 70.3. The van der Waals surface area contributed by atoms with Gasteiger partial charge in [0, 0.05) is 19.3 Å². The molecule has 0 amide bonds. The van der Waals surface area contributed by atoms with Crippen LogP contribution in [0.5, 0.6) is 0 Å². The lowest BCUT2D eigenvalue weighted by Crippen LogP contribution is -2.30. The van der Waals surface area contributed by atoms with Crippen LogP contribution in [0.2, 0.25) is 0 Å². The van der Waals surface area contributed by atoms with Crippen molar-refractivity contribution in [1.82, 2.24) is 0 Å². The smallest absolute Gasteiger partial charge is 0.306 e. The predicted octanol–water partition coefficient (Wildman–Crippen LogP) is 21.3. The zero-order valence-corrected chi connectivity index (χ0v) is 48.6. The molecule has 6 nitrogen and oxygen atoms in total. The maximum atomic E-state index is 12.9. The molecule has 424 valence electrons. The van der Waals surface area contributed by atoms with Gasteiger partial charge in [0.05, 0.1) is 0 Å². The van der Waals surface area contributed by atoms with Gasteiger partial charge in [-0.3, -0.25) is 14.4 Å². The minimum Gasteiger partial charge on any atom is -0.462 e. The summed E-state index contributed by atoms with van der Waals surface area (Å²) in [6, 6.07) is 0. The minimum atomic E-state index is -0.798. The highest BCUT2D eigenvalue weighted by molar-refractivity contribution is 5.71. The third kappa shape index (κ3) is 59.2. The number of carbonyl (C=O) groups is 3. The Morgan fingerprint density at radius 3 is 0.851 bits per heavy atom. The molecular formula is C68H116O6. The third-order valence-electron chi connectivity index (χ3n) is 13.3. The summed E-state index contributed by atoms with van der Waals surface area (Å²) in [6.45, 7) is 6.40. The largest absolute Gasteiger partial charge is 0.462 e. The van der Waals surface area contributed by atoms with Crippen LogP contribution in [0.1, 0.15) is 297 Å². The van der Waals surface area contributed by atoms with Gasteiger partial charge in [-0.2, -0.15) is 0 Å². The van der Waals surface area contributed by atoms with Crippen LogP contribution in [0.15, 0.2) is 97.2 Å². The average molecular weight is 1030 g/mol. The van der Waals surface area contributed by atoms with Crippen molar-refractivity contribution in [2.45, 2.75) is 303 Å². The van der Waals surface area contributed by atoms with E-state index >= 15 is 0 Å². The SMILES string of the molecule is CC/C=C\C/C=C\C/C=C\C/C=C\CCCCCCCCCCC(=O)OCC(COC(=O)CCCC/C=C\C/C=C\C/C=C\C/C=C\CC)OC(=O)CCCCCCCCCCCCCCCCCCCCCC. The van der Waals surface area contributed by atoms with E-state index in [9.17, 15) is 14.4 Å². The van der Waals surface area contributed by atoms with E-state index in [0.29, 0.717) is 19.3 Å². The first-order valence-corrected chi connectivity index (χ1v) is 31.2. The van der Waals surface area contributed by atoms with Crippen molar-refractivity contribution in [3.05, 3.63) is 97.2 Å². The molecule has 0 saturated heterocycles. The summed E-state index contributed by atoms with van der Waals surface area (Å²) in [6.07, 6.45) is 82.7. The van der Waals surface area contributed by atoms with E-state index in [4.69, 9.17) is 14.2 Å². The maximum absolute atomic E-state index is 12.9. The fourth-order valence-electron chi connectivity index (χ4n) is 8.72. The molecule has 0 spiro atoms. The maximum Gasteiger partial charge on any atom is 0.306 e. The van der Waals surface area contributed by atoms with Crippen LogP contribution in [0.3, 0.4) is 0 Å². The first-order valence-electron chi connectivity index (χ1n) is 31.2. The fourth-order valence-corrected chi connectivity index (χ4v) is 8.72. The normalized spacial score (nSPS) is 12.7. The Balaban J connectivity index is 4.40. The molecule has 0 bridgehead atoms. The van der Waals surface area contributed by atoms with E-state index in [1.807, 2.05) is 0 Å². The number of esters is 3. The molecule has 74 heavy (non-hydrogen) atoms. The number of unbranched alkanes of at least 4 members (excludes halogenated alkanes) is 29. The number of hydrogen-bond donors (Lipinski definition) is 0. The Morgan fingerprint density at radius 2 is 0.527 bits per heavy atom. The van der Waals surface area contributed by atoms with Crippen molar-refractivity contribution in [2.24, 2.45) is 0 Å². The van der Waals surface area contributed by atoms with Gasteiger partial charge in [-0.05, 0) is 96.3 Å². The molecule has 0 rings (SSSR count). The van der Waals surface area contributed by atoms with Gasteiger partial charge in [-0.15, -0.1) is 0 Å². The number of ether oxygens (including phenoxy) is 3. The highest BCUT2D eigenvalue weighted by Crippen LogP contribution is 2.17. The lowest BCUT2D eigenvalue weighted by atomic mass is 10.0. The van der Waals surface area contributed by atoms with Crippen molar-refractivity contribution in [3.63, 3.8) is 0 Å². The Bertz CT molecular complexity index is 1460. The monoisotopic (exact) mass is 1030 g/mol. The average Bonchev–Trinajstić information content (AvgIpc) is 3.40. The number of hydrogen-bond acceptors (Lipinski definition) is 6. The summed E-state index contributed by atoms with van der Waals surface area (Å²) in [4.78, 5) is 38.3. The first-order chi connectivity index (χ1) is 36.5. The second-order valence-corrected chi connectivity index (χ2v) is 20.6. The molecular weight excluding hydrogens is 913 g/mol. The summed E-state index contributed by atoms with van der Waals surface area (Å²) in [5, 5.41) is 0. The zero-order valence-electron chi connectivity index (χ0n) is 48.6. The topological polar surface area (TPSA) is 78.9 Å². The number of allylic oxidation sites excluding steroid dienone is 16. The molecule has 0 aliphatic carbocycles. The highest BCUT2D eigenvalue weighted by atomic mass is 16.6. The molecule has 0 aliphatic heterocycles. The standard InChI is InChI=1S/C68H116O6/c1-4-7-10-13-16-19-22-25-28-30-32-34-36-37-40-43-46-49-52-55-58-61-67(70)73-64-65(63-72-66(69)60-57-54-51-48-45-42-39-27-24-21-18-15-12-9-6-3)74-68(71)62-59-56-53-50-47-44-41-38-35-33-31-29-26-23-20-17-14-11-8-5-2/h7,9-10,12,16,18-19,21,25,27-28,32,34,39,45,48,65H,4-6,8,11,13-15,17,20,22-24,26,29-31,33,35-38,40-44,46-47,49-64H2,1-3H3/b10-7-,12-9-,19-16-,21-18-,28-25-,34-32-,39-27-,48-45-. The Morgan fingerprint density at radius 1 is 0.284 bits per heavy atom. The van der Waals surface area contributed by atoms with Crippen LogP contribution in [0, 0.1) is 0 Å². The van der Waals surface area contributed by atoms with Crippen molar-refractivity contribution in [3.8, 4) is 0 Å². The molecule has 0 aromatic rings. The highest BCUT2D eigenvalue weighted by Gasteiger charge is 2.19. The van der Waals surface area contributed by atoms with E-state index in [1.54, 1.807) is 0 Å². The van der Waals surface area contributed by atoms with Gasteiger partial charge >= 0.3 is 17.9 Å². The van der Waals surface area contributed by atoms with Crippen LogP contribution in [-0.2, 0) is 28.6 Å². The van der Waals surface area contributed by atoms with Gasteiger partial charge in [0.2, 0.25) is 0 Å². The van der Waals surface area contributed by atoms with Crippen LogP contribution in [-0.4, -0.2) is 37.2 Å². The summed E-state index contributed by atoms with van der Waals surface area (Å²) >= 11 is 0. The van der Waals surface area contributed by atoms with Crippen molar-refractivity contribution < 1.29 is 28.6 Å². The van der Waals surface area contributed by atoms with E-state index in [0.717, 1.165) is 116 Å².